The third-order valence-electron chi connectivity index (χ3n) is 1.77. The van der Waals surface area contributed by atoms with Crippen LogP contribution in [0.1, 0.15) is 13.3 Å². The first kappa shape index (κ1) is 11.3. The maximum absolute atomic E-state index is 11.2. The van der Waals surface area contributed by atoms with Crippen molar-refractivity contribution in [2.45, 2.75) is 13.3 Å². The lowest BCUT2D eigenvalue weighted by Gasteiger charge is -2.06. The van der Waals surface area contributed by atoms with E-state index in [1.165, 1.54) is 0 Å². The largest absolute Gasteiger partial charge is 0.384 e. The van der Waals surface area contributed by atoms with Crippen LogP contribution in [-0.4, -0.2) is 24.0 Å². The molecule has 5 heteroatoms. The molecule has 0 unspecified atom stereocenters. The van der Waals surface area contributed by atoms with Gasteiger partial charge in [-0.1, -0.05) is 13.0 Å². The predicted octanol–water partition coefficient (Wildman–Crippen LogP) is 0.602. The standard InChI is InChI=1S/C10H16N4O/c1-2-6-12-10(15)7-13-9-5-3-4-8(11)14-9/h3-5H,2,6-7H2,1H3,(H,12,15)(H3,11,13,14). The van der Waals surface area contributed by atoms with Crippen LogP contribution in [0.4, 0.5) is 11.6 Å². The highest BCUT2D eigenvalue weighted by molar-refractivity contribution is 5.80. The molecular weight excluding hydrogens is 192 g/mol. The van der Waals surface area contributed by atoms with Gasteiger partial charge in [0, 0.05) is 6.54 Å². The molecule has 1 amide bonds. The lowest BCUT2D eigenvalue weighted by atomic mass is 10.4. The predicted molar refractivity (Wildman–Crippen MR) is 60.4 cm³/mol. The lowest BCUT2D eigenvalue weighted by Crippen LogP contribution is -2.30. The monoisotopic (exact) mass is 208 g/mol. The van der Waals surface area contributed by atoms with Gasteiger partial charge >= 0.3 is 0 Å². The Hall–Kier alpha value is -1.78. The van der Waals surface area contributed by atoms with Crippen molar-refractivity contribution in [1.29, 1.82) is 0 Å². The number of nitrogens with one attached hydrogen (secondary N) is 2. The van der Waals surface area contributed by atoms with Crippen LogP contribution in [0.5, 0.6) is 0 Å². The molecule has 0 aromatic carbocycles. The third-order valence-corrected chi connectivity index (χ3v) is 1.77. The Kier molecular flexibility index (Phi) is 4.40. The average Bonchev–Trinajstić information content (AvgIpc) is 2.23. The van der Waals surface area contributed by atoms with Gasteiger partial charge in [-0.15, -0.1) is 0 Å². The third kappa shape index (κ3) is 4.30. The summed E-state index contributed by atoms with van der Waals surface area (Å²) in [4.78, 5) is 15.2. The van der Waals surface area contributed by atoms with Gasteiger partial charge in [0.1, 0.15) is 11.6 Å². The molecule has 82 valence electrons. The van der Waals surface area contributed by atoms with E-state index in [0.717, 1.165) is 6.42 Å². The molecule has 1 aromatic heterocycles. The SMILES string of the molecule is CCCNC(=O)CNc1cccc(N)n1. The first-order valence-corrected chi connectivity index (χ1v) is 4.95. The van der Waals surface area contributed by atoms with Crippen LogP contribution in [0.15, 0.2) is 18.2 Å². The zero-order valence-corrected chi connectivity index (χ0v) is 8.79. The number of nitrogen functional groups attached to an aromatic ring is 1. The molecule has 5 nitrogen and oxygen atoms in total. The van der Waals surface area contributed by atoms with E-state index in [1.54, 1.807) is 18.2 Å². The van der Waals surface area contributed by atoms with Crippen molar-refractivity contribution in [1.82, 2.24) is 10.3 Å². The van der Waals surface area contributed by atoms with Crippen LogP contribution in [0, 0.1) is 0 Å². The Morgan fingerprint density at radius 3 is 3.00 bits per heavy atom. The fraction of sp³-hybridized carbons (Fsp3) is 0.400. The molecular formula is C10H16N4O. The molecule has 0 fully saturated rings. The summed E-state index contributed by atoms with van der Waals surface area (Å²) < 4.78 is 0. The molecule has 0 bridgehead atoms. The van der Waals surface area contributed by atoms with E-state index in [0.29, 0.717) is 18.2 Å². The average molecular weight is 208 g/mol. The Balaban J connectivity index is 2.33. The molecule has 0 saturated carbocycles. The fourth-order valence-electron chi connectivity index (χ4n) is 1.05. The van der Waals surface area contributed by atoms with Crippen molar-refractivity contribution < 1.29 is 4.79 Å². The van der Waals surface area contributed by atoms with Gasteiger partial charge in [-0.3, -0.25) is 4.79 Å². The zero-order valence-electron chi connectivity index (χ0n) is 8.79. The molecule has 4 N–H and O–H groups in total. The highest BCUT2D eigenvalue weighted by Gasteiger charge is 2.00. The highest BCUT2D eigenvalue weighted by Crippen LogP contribution is 2.04. The second-order valence-electron chi connectivity index (χ2n) is 3.15. The van der Waals surface area contributed by atoms with Gasteiger partial charge in [0.15, 0.2) is 0 Å². The number of carbonyl (C=O) groups is 1. The molecule has 1 aromatic rings. The summed E-state index contributed by atoms with van der Waals surface area (Å²) in [5, 5.41) is 5.65. The first-order chi connectivity index (χ1) is 7.22. The van der Waals surface area contributed by atoms with Gasteiger partial charge in [-0.25, -0.2) is 4.98 Å². The maximum atomic E-state index is 11.2. The van der Waals surface area contributed by atoms with E-state index < -0.39 is 0 Å². The number of carbonyl (C=O) groups excluding carboxylic acids is 1. The van der Waals surface area contributed by atoms with Crippen molar-refractivity contribution in [3.8, 4) is 0 Å². The minimum absolute atomic E-state index is 0.0407. The summed E-state index contributed by atoms with van der Waals surface area (Å²) in [6.07, 6.45) is 0.933. The van der Waals surface area contributed by atoms with Crippen molar-refractivity contribution in [2.24, 2.45) is 0 Å². The first-order valence-electron chi connectivity index (χ1n) is 4.95. The van der Waals surface area contributed by atoms with E-state index in [1.807, 2.05) is 6.92 Å². The van der Waals surface area contributed by atoms with Crippen molar-refractivity contribution in [3.63, 3.8) is 0 Å². The van der Waals surface area contributed by atoms with Gasteiger partial charge < -0.3 is 16.4 Å². The van der Waals surface area contributed by atoms with Gasteiger partial charge in [0.25, 0.3) is 0 Å². The number of anilines is 2. The van der Waals surface area contributed by atoms with E-state index in [2.05, 4.69) is 15.6 Å². The fourth-order valence-corrected chi connectivity index (χ4v) is 1.05. The Bertz CT molecular complexity index is 327. The van der Waals surface area contributed by atoms with Crippen LogP contribution in [0.25, 0.3) is 0 Å². The molecule has 0 aliphatic rings. The number of amides is 1. The number of nitrogens with two attached hydrogens (primary N) is 1. The number of hydrogen-bond acceptors (Lipinski definition) is 4. The molecule has 1 heterocycles. The molecule has 0 spiro atoms. The van der Waals surface area contributed by atoms with Crippen molar-refractivity contribution in [3.05, 3.63) is 18.2 Å². The second kappa shape index (κ2) is 5.85. The maximum Gasteiger partial charge on any atom is 0.239 e. The molecule has 0 radical (unpaired) electrons. The smallest absolute Gasteiger partial charge is 0.239 e. The van der Waals surface area contributed by atoms with Gasteiger partial charge in [0.2, 0.25) is 5.91 Å². The summed E-state index contributed by atoms with van der Waals surface area (Å²) in [6, 6.07) is 5.25. The topological polar surface area (TPSA) is 80.0 Å². The number of aromatic nitrogens is 1. The summed E-state index contributed by atoms with van der Waals surface area (Å²) in [5.74, 6) is 1.01. The highest BCUT2D eigenvalue weighted by atomic mass is 16.1. The molecule has 1 rings (SSSR count). The van der Waals surface area contributed by atoms with Crippen molar-refractivity contribution >= 4 is 17.5 Å². The van der Waals surface area contributed by atoms with Gasteiger partial charge in [-0.2, -0.15) is 0 Å². The second-order valence-corrected chi connectivity index (χ2v) is 3.15. The van der Waals surface area contributed by atoms with E-state index in [9.17, 15) is 4.79 Å². The number of hydrogen-bond donors (Lipinski definition) is 3. The van der Waals surface area contributed by atoms with Crippen LogP contribution in [-0.2, 0) is 4.79 Å². The van der Waals surface area contributed by atoms with E-state index in [4.69, 9.17) is 5.73 Å². The Labute approximate surface area is 89.1 Å². The molecule has 0 aliphatic carbocycles. The molecule has 15 heavy (non-hydrogen) atoms. The molecule has 0 saturated heterocycles. The van der Waals surface area contributed by atoms with Crippen LogP contribution in [0.3, 0.4) is 0 Å². The number of rotatable bonds is 5. The number of pyridine rings is 1. The molecule has 0 atom stereocenters. The van der Waals surface area contributed by atoms with Crippen molar-refractivity contribution in [2.75, 3.05) is 24.1 Å². The number of nitrogens with zero attached hydrogens (tertiary/aromatic N) is 1. The molecule has 0 aliphatic heterocycles. The Morgan fingerprint density at radius 2 is 2.33 bits per heavy atom. The normalized spacial score (nSPS) is 9.67. The minimum atomic E-state index is -0.0407. The van der Waals surface area contributed by atoms with Gasteiger partial charge in [-0.05, 0) is 18.6 Å². The van der Waals surface area contributed by atoms with Gasteiger partial charge in [0.05, 0.1) is 6.54 Å². The summed E-state index contributed by atoms with van der Waals surface area (Å²) in [7, 11) is 0. The quantitative estimate of drug-likeness (QED) is 0.662. The summed E-state index contributed by atoms with van der Waals surface area (Å²) >= 11 is 0. The van der Waals surface area contributed by atoms with E-state index >= 15 is 0 Å². The van der Waals surface area contributed by atoms with Crippen LogP contribution in [0.2, 0.25) is 0 Å². The Morgan fingerprint density at radius 1 is 1.53 bits per heavy atom. The van der Waals surface area contributed by atoms with Crippen LogP contribution >= 0.6 is 0 Å². The van der Waals surface area contributed by atoms with Crippen LogP contribution < -0.4 is 16.4 Å². The van der Waals surface area contributed by atoms with E-state index in [-0.39, 0.29) is 12.5 Å². The zero-order chi connectivity index (χ0) is 11.1. The summed E-state index contributed by atoms with van der Waals surface area (Å²) in [6.45, 7) is 2.93. The summed E-state index contributed by atoms with van der Waals surface area (Å²) in [5.41, 5.74) is 5.49. The lowest BCUT2D eigenvalue weighted by molar-refractivity contribution is -0.119. The minimum Gasteiger partial charge on any atom is -0.384 e.